The normalized spacial score (nSPS) is 10.9. The van der Waals surface area contributed by atoms with Crippen LogP contribution < -0.4 is 5.56 Å². The Labute approximate surface area is 101 Å². The monoisotopic (exact) mass is 230 g/mol. The minimum absolute atomic E-state index is 0.0505. The van der Waals surface area contributed by atoms with Crippen LogP contribution in [0, 0.1) is 0 Å². The standard InChI is InChI=1S/C14H18N2O/c1-2-3-4-5-6-11-7-8-13-12(9-11)14(17)16-10-15-13/h7-10H,2-6H2,1H3,(H,15,16,17). The van der Waals surface area contributed by atoms with Gasteiger partial charge in [0, 0.05) is 0 Å². The number of hydrogen-bond donors (Lipinski definition) is 1. The fourth-order valence-corrected chi connectivity index (χ4v) is 2.03. The Bertz CT molecular complexity index is 545. The maximum atomic E-state index is 11.6. The van der Waals surface area contributed by atoms with Crippen LogP contribution in [0.2, 0.25) is 0 Å². The van der Waals surface area contributed by atoms with Crippen molar-refractivity contribution in [1.82, 2.24) is 9.97 Å². The summed E-state index contributed by atoms with van der Waals surface area (Å²) in [5.74, 6) is 0. The second-order valence-corrected chi connectivity index (χ2v) is 4.39. The lowest BCUT2D eigenvalue weighted by molar-refractivity contribution is 0.667. The molecule has 0 atom stereocenters. The molecule has 1 aromatic carbocycles. The van der Waals surface area contributed by atoms with Crippen molar-refractivity contribution in [3.8, 4) is 0 Å². The number of benzene rings is 1. The Morgan fingerprint density at radius 1 is 1.24 bits per heavy atom. The second kappa shape index (κ2) is 5.62. The van der Waals surface area contributed by atoms with Gasteiger partial charge in [0.05, 0.1) is 17.2 Å². The molecule has 17 heavy (non-hydrogen) atoms. The SMILES string of the molecule is CCCCCCc1ccc2nc[nH]c(=O)c2c1. The maximum Gasteiger partial charge on any atom is 0.258 e. The van der Waals surface area contributed by atoms with Gasteiger partial charge in [0.25, 0.3) is 5.56 Å². The molecule has 0 amide bonds. The molecular formula is C14H18N2O. The molecule has 0 saturated carbocycles. The third-order valence-corrected chi connectivity index (χ3v) is 3.02. The van der Waals surface area contributed by atoms with Crippen LogP contribution in [0.5, 0.6) is 0 Å². The average Bonchev–Trinajstić information content (AvgIpc) is 2.36. The van der Waals surface area contributed by atoms with Gasteiger partial charge in [-0.25, -0.2) is 4.98 Å². The van der Waals surface area contributed by atoms with E-state index in [1.54, 1.807) is 0 Å². The van der Waals surface area contributed by atoms with Gasteiger partial charge in [-0.15, -0.1) is 0 Å². The third kappa shape index (κ3) is 2.93. The number of hydrogen-bond acceptors (Lipinski definition) is 2. The van der Waals surface area contributed by atoms with Crippen molar-refractivity contribution in [2.45, 2.75) is 39.0 Å². The van der Waals surface area contributed by atoms with Crippen LogP contribution in [0.1, 0.15) is 38.2 Å². The first-order valence-corrected chi connectivity index (χ1v) is 6.27. The highest BCUT2D eigenvalue weighted by molar-refractivity contribution is 5.77. The molecule has 0 aliphatic rings. The van der Waals surface area contributed by atoms with Crippen molar-refractivity contribution in [1.29, 1.82) is 0 Å². The van der Waals surface area contributed by atoms with Crippen LogP contribution in [0.4, 0.5) is 0 Å². The summed E-state index contributed by atoms with van der Waals surface area (Å²) in [6.45, 7) is 2.21. The van der Waals surface area contributed by atoms with Crippen molar-refractivity contribution in [3.63, 3.8) is 0 Å². The highest BCUT2D eigenvalue weighted by atomic mass is 16.1. The minimum atomic E-state index is -0.0505. The third-order valence-electron chi connectivity index (χ3n) is 3.02. The number of nitrogens with one attached hydrogen (secondary N) is 1. The predicted octanol–water partition coefficient (Wildman–Crippen LogP) is 3.05. The van der Waals surface area contributed by atoms with Crippen LogP contribution in [-0.4, -0.2) is 9.97 Å². The van der Waals surface area contributed by atoms with Gasteiger partial charge < -0.3 is 4.98 Å². The second-order valence-electron chi connectivity index (χ2n) is 4.39. The van der Waals surface area contributed by atoms with Crippen LogP contribution in [0.25, 0.3) is 10.9 Å². The topological polar surface area (TPSA) is 45.8 Å². The lowest BCUT2D eigenvalue weighted by Gasteiger charge is -2.02. The van der Waals surface area contributed by atoms with Gasteiger partial charge in [0.2, 0.25) is 0 Å². The number of H-pyrrole nitrogens is 1. The van der Waals surface area contributed by atoms with E-state index in [1.807, 2.05) is 12.1 Å². The molecule has 0 aliphatic heterocycles. The molecule has 2 aromatic rings. The molecule has 1 N–H and O–H groups in total. The number of aromatic amines is 1. The maximum absolute atomic E-state index is 11.6. The predicted molar refractivity (Wildman–Crippen MR) is 70.2 cm³/mol. The summed E-state index contributed by atoms with van der Waals surface area (Å²) in [4.78, 5) is 18.4. The molecule has 1 heterocycles. The molecule has 0 radical (unpaired) electrons. The summed E-state index contributed by atoms with van der Waals surface area (Å²) in [5.41, 5.74) is 1.95. The summed E-state index contributed by atoms with van der Waals surface area (Å²) in [5, 5.41) is 0.695. The Morgan fingerprint density at radius 2 is 2.12 bits per heavy atom. The van der Waals surface area contributed by atoms with Crippen LogP contribution in [0.3, 0.4) is 0 Å². The zero-order valence-corrected chi connectivity index (χ0v) is 10.2. The molecule has 0 saturated heterocycles. The van der Waals surface area contributed by atoms with Gasteiger partial charge in [-0.2, -0.15) is 0 Å². The van der Waals surface area contributed by atoms with E-state index >= 15 is 0 Å². The van der Waals surface area contributed by atoms with Gasteiger partial charge in [-0.3, -0.25) is 4.79 Å². The molecular weight excluding hydrogens is 212 g/mol. The molecule has 90 valence electrons. The van der Waals surface area contributed by atoms with E-state index in [1.165, 1.54) is 37.6 Å². The molecule has 2 rings (SSSR count). The fourth-order valence-electron chi connectivity index (χ4n) is 2.03. The first-order valence-electron chi connectivity index (χ1n) is 6.27. The minimum Gasteiger partial charge on any atom is -0.313 e. The van der Waals surface area contributed by atoms with Gasteiger partial charge in [0.1, 0.15) is 0 Å². The smallest absolute Gasteiger partial charge is 0.258 e. The molecule has 1 aromatic heterocycles. The van der Waals surface area contributed by atoms with E-state index in [0.29, 0.717) is 5.39 Å². The quantitative estimate of drug-likeness (QED) is 0.802. The largest absolute Gasteiger partial charge is 0.313 e. The van der Waals surface area contributed by atoms with E-state index in [2.05, 4.69) is 23.0 Å². The number of fused-ring (bicyclic) bond motifs is 1. The molecule has 0 spiro atoms. The average molecular weight is 230 g/mol. The Morgan fingerprint density at radius 3 is 2.94 bits per heavy atom. The zero-order valence-electron chi connectivity index (χ0n) is 10.2. The Balaban J connectivity index is 2.14. The summed E-state index contributed by atoms with van der Waals surface area (Å²) < 4.78 is 0. The fraction of sp³-hybridized carbons (Fsp3) is 0.429. The Hall–Kier alpha value is -1.64. The number of aryl methyl sites for hydroxylation is 1. The lowest BCUT2D eigenvalue weighted by Crippen LogP contribution is -2.06. The van der Waals surface area contributed by atoms with Crippen molar-refractivity contribution in [2.24, 2.45) is 0 Å². The highest BCUT2D eigenvalue weighted by Crippen LogP contribution is 2.12. The molecule has 3 nitrogen and oxygen atoms in total. The molecule has 0 fully saturated rings. The zero-order chi connectivity index (χ0) is 12.1. The van der Waals surface area contributed by atoms with E-state index in [0.717, 1.165) is 11.9 Å². The molecule has 0 aliphatic carbocycles. The first-order chi connectivity index (χ1) is 8.31. The van der Waals surface area contributed by atoms with E-state index in [-0.39, 0.29) is 5.56 Å². The van der Waals surface area contributed by atoms with Crippen LogP contribution in [-0.2, 0) is 6.42 Å². The van der Waals surface area contributed by atoms with E-state index in [9.17, 15) is 4.79 Å². The molecule has 0 unspecified atom stereocenters. The molecule has 0 bridgehead atoms. The highest BCUT2D eigenvalue weighted by Gasteiger charge is 2.01. The van der Waals surface area contributed by atoms with Gasteiger partial charge >= 0.3 is 0 Å². The summed E-state index contributed by atoms with van der Waals surface area (Å²) in [6, 6.07) is 5.97. The van der Waals surface area contributed by atoms with Gasteiger partial charge in [-0.05, 0) is 30.5 Å². The number of nitrogens with zero attached hydrogens (tertiary/aromatic N) is 1. The summed E-state index contributed by atoms with van der Waals surface area (Å²) in [7, 11) is 0. The van der Waals surface area contributed by atoms with Crippen molar-refractivity contribution >= 4 is 10.9 Å². The van der Waals surface area contributed by atoms with Crippen molar-refractivity contribution < 1.29 is 0 Å². The number of aromatic nitrogens is 2. The number of unbranched alkanes of at least 4 members (excludes halogenated alkanes) is 3. The van der Waals surface area contributed by atoms with Crippen molar-refractivity contribution in [2.75, 3.05) is 0 Å². The van der Waals surface area contributed by atoms with Crippen molar-refractivity contribution in [3.05, 3.63) is 40.4 Å². The van der Waals surface area contributed by atoms with E-state index in [4.69, 9.17) is 0 Å². The lowest BCUT2D eigenvalue weighted by atomic mass is 10.0. The van der Waals surface area contributed by atoms with E-state index < -0.39 is 0 Å². The molecule has 3 heteroatoms. The van der Waals surface area contributed by atoms with Crippen LogP contribution in [0.15, 0.2) is 29.3 Å². The summed E-state index contributed by atoms with van der Waals surface area (Å²) in [6.07, 6.45) is 7.49. The van der Waals surface area contributed by atoms with Crippen LogP contribution >= 0.6 is 0 Å². The van der Waals surface area contributed by atoms with Gasteiger partial charge in [0.15, 0.2) is 0 Å². The Kier molecular flexibility index (Phi) is 3.91. The summed E-state index contributed by atoms with van der Waals surface area (Å²) >= 11 is 0. The first kappa shape index (κ1) is 11.8. The van der Waals surface area contributed by atoms with Gasteiger partial charge in [-0.1, -0.05) is 32.3 Å². The number of rotatable bonds is 5.